The number of thiocarbonyl (C=S) groups is 1. The summed E-state index contributed by atoms with van der Waals surface area (Å²) >= 11 is 13.4. The fourth-order valence-electron chi connectivity index (χ4n) is 4.16. The average Bonchev–Trinajstić information content (AvgIpc) is 3.17. The summed E-state index contributed by atoms with van der Waals surface area (Å²) < 4.78 is 18.7. The van der Waals surface area contributed by atoms with Gasteiger partial charge < -0.3 is 15.0 Å². The van der Waals surface area contributed by atoms with Gasteiger partial charge in [-0.25, -0.2) is 9.18 Å². The van der Waals surface area contributed by atoms with Crippen LogP contribution in [0.4, 0.5) is 9.39 Å². The molecule has 1 aliphatic rings. The van der Waals surface area contributed by atoms with Gasteiger partial charge in [-0.3, -0.25) is 4.90 Å². The maximum Gasteiger partial charge on any atom is 0.341 e. The minimum Gasteiger partial charge on any atom is -0.462 e. The van der Waals surface area contributed by atoms with Crippen LogP contribution in [-0.2, 0) is 11.3 Å². The Bertz CT molecular complexity index is 1210. The molecule has 0 atom stereocenters. The van der Waals surface area contributed by atoms with Crippen molar-refractivity contribution in [3.8, 4) is 11.1 Å². The Labute approximate surface area is 219 Å². The highest BCUT2D eigenvalue weighted by atomic mass is 35.5. The number of halogens is 2. The zero-order valence-electron chi connectivity index (χ0n) is 19.6. The lowest BCUT2D eigenvalue weighted by Gasteiger charge is -2.36. The molecule has 0 unspecified atom stereocenters. The van der Waals surface area contributed by atoms with Gasteiger partial charge in [-0.05, 0) is 49.3 Å². The molecule has 1 aromatic heterocycles. The van der Waals surface area contributed by atoms with E-state index in [4.69, 9.17) is 28.6 Å². The van der Waals surface area contributed by atoms with Crippen LogP contribution >= 0.6 is 35.2 Å². The minimum absolute atomic E-state index is 0.297. The number of hydrogen-bond acceptors (Lipinski definition) is 5. The summed E-state index contributed by atoms with van der Waals surface area (Å²) in [6, 6.07) is 14.4. The Morgan fingerprint density at radius 3 is 2.54 bits per heavy atom. The lowest BCUT2D eigenvalue weighted by atomic mass is 10.0. The highest BCUT2D eigenvalue weighted by Gasteiger charge is 2.27. The summed E-state index contributed by atoms with van der Waals surface area (Å²) in [6.45, 7) is 7.80. The number of hydrogen-bond donors (Lipinski definition) is 1. The van der Waals surface area contributed by atoms with E-state index in [1.807, 2.05) is 37.3 Å². The lowest BCUT2D eigenvalue weighted by molar-refractivity contribution is 0.0529. The summed E-state index contributed by atoms with van der Waals surface area (Å²) in [7, 11) is 0. The third kappa shape index (κ3) is 6.01. The molecule has 1 fully saturated rings. The van der Waals surface area contributed by atoms with Gasteiger partial charge in [0.2, 0.25) is 0 Å². The maximum atomic E-state index is 13.3. The van der Waals surface area contributed by atoms with Crippen molar-refractivity contribution in [1.82, 2.24) is 9.80 Å². The van der Waals surface area contributed by atoms with Gasteiger partial charge in [-0.2, -0.15) is 0 Å². The van der Waals surface area contributed by atoms with Crippen LogP contribution in [0.1, 0.15) is 27.7 Å². The Morgan fingerprint density at radius 2 is 1.89 bits per heavy atom. The number of thiophene rings is 1. The van der Waals surface area contributed by atoms with Crippen molar-refractivity contribution in [3.63, 3.8) is 0 Å². The lowest BCUT2D eigenvalue weighted by Crippen LogP contribution is -2.49. The van der Waals surface area contributed by atoms with Gasteiger partial charge in [0.05, 0.1) is 6.61 Å². The van der Waals surface area contributed by atoms with E-state index in [9.17, 15) is 9.18 Å². The monoisotopic (exact) mass is 531 g/mol. The Kier molecular flexibility index (Phi) is 8.38. The van der Waals surface area contributed by atoms with Crippen LogP contribution < -0.4 is 5.32 Å². The van der Waals surface area contributed by atoms with Crippen molar-refractivity contribution in [2.45, 2.75) is 20.4 Å². The predicted molar refractivity (Wildman–Crippen MR) is 145 cm³/mol. The van der Waals surface area contributed by atoms with Gasteiger partial charge in [0.25, 0.3) is 0 Å². The Hall–Kier alpha value is -2.52. The molecule has 9 heteroatoms. The van der Waals surface area contributed by atoms with E-state index in [2.05, 4.69) is 15.1 Å². The fraction of sp³-hybridized carbons (Fsp3) is 0.308. The second kappa shape index (κ2) is 11.5. The molecule has 0 bridgehead atoms. The van der Waals surface area contributed by atoms with Crippen molar-refractivity contribution in [2.24, 2.45) is 0 Å². The molecule has 1 N–H and O–H groups in total. The molecule has 0 saturated carbocycles. The average molecular weight is 532 g/mol. The number of benzene rings is 2. The highest BCUT2D eigenvalue weighted by molar-refractivity contribution is 7.80. The Balaban J connectivity index is 1.46. The van der Waals surface area contributed by atoms with Crippen LogP contribution in [0.5, 0.6) is 0 Å². The van der Waals surface area contributed by atoms with Gasteiger partial charge in [0, 0.05) is 48.2 Å². The van der Waals surface area contributed by atoms with E-state index >= 15 is 0 Å². The first kappa shape index (κ1) is 25.6. The molecule has 184 valence electrons. The minimum atomic E-state index is -0.359. The van der Waals surface area contributed by atoms with Crippen molar-refractivity contribution in [2.75, 3.05) is 38.1 Å². The third-order valence-corrected chi connectivity index (χ3v) is 7.65. The van der Waals surface area contributed by atoms with E-state index in [0.717, 1.165) is 47.7 Å². The smallest absolute Gasteiger partial charge is 0.341 e. The number of aryl methyl sites for hydroxylation is 1. The fourth-order valence-corrected chi connectivity index (χ4v) is 5.80. The third-order valence-electron chi connectivity index (χ3n) is 5.92. The molecule has 0 aliphatic carbocycles. The number of nitrogens with zero attached hydrogens (tertiary/aromatic N) is 2. The van der Waals surface area contributed by atoms with Crippen molar-refractivity contribution in [1.29, 1.82) is 0 Å². The maximum absolute atomic E-state index is 13.3. The van der Waals surface area contributed by atoms with Crippen LogP contribution in [0.2, 0.25) is 5.02 Å². The Morgan fingerprint density at radius 1 is 1.17 bits per heavy atom. The van der Waals surface area contributed by atoms with Crippen LogP contribution in [0, 0.1) is 12.7 Å². The molecule has 1 aliphatic heterocycles. The number of carbonyl (C=O) groups excluding carboxylic acids is 1. The van der Waals surface area contributed by atoms with Crippen molar-refractivity contribution < 1.29 is 13.9 Å². The van der Waals surface area contributed by atoms with Gasteiger partial charge in [0.15, 0.2) is 5.11 Å². The quantitative estimate of drug-likeness (QED) is 0.301. The summed E-state index contributed by atoms with van der Waals surface area (Å²) in [5.74, 6) is -0.691. The molecule has 0 spiro atoms. The van der Waals surface area contributed by atoms with E-state index < -0.39 is 0 Å². The molecule has 2 aromatic carbocycles. The van der Waals surface area contributed by atoms with E-state index in [0.29, 0.717) is 33.9 Å². The predicted octanol–water partition coefficient (Wildman–Crippen LogP) is 6.21. The first-order valence-electron chi connectivity index (χ1n) is 11.5. The standard InChI is InChI=1S/C26H27ClFN3O2S2/c1-3-33-25(32)23-22(18-7-5-4-6-8-18)17(2)35-24(23)29-26(34)31-13-11-30(12-14-31)16-19-9-10-20(28)15-21(19)27/h4-10,15H,3,11-14,16H2,1-2H3,(H,29,34). The normalized spacial score (nSPS) is 14.1. The zero-order chi connectivity index (χ0) is 24.9. The molecule has 4 rings (SSSR count). The zero-order valence-corrected chi connectivity index (χ0v) is 22.0. The van der Waals surface area contributed by atoms with Gasteiger partial charge in [-0.1, -0.05) is 48.0 Å². The van der Waals surface area contributed by atoms with Crippen LogP contribution in [0.25, 0.3) is 11.1 Å². The number of carbonyl (C=O) groups is 1. The molecular weight excluding hydrogens is 505 g/mol. The molecule has 3 aromatic rings. The summed E-state index contributed by atoms with van der Waals surface area (Å²) in [6.07, 6.45) is 0. The van der Waals surface area contributed by atoms with Crippen LogP contribution in [-0.4, -0.2) is 53.7 Å². The number of nitrogens with one attached hydrogen (secondary N) is 1. The first-order valence-corrected chi connectivity index (χ1v) is 13.1. The highest BCUT2D eigenvalue weighted by Crippen LogP contribution is 2.40. The topological polar surface area (TPSA) is 44.8 Å². The van der Waals surface area contributed by atoms with E-state index in [-0.39, 0.29) is 11.8 Å². The molecule has 35 heavy (non-hydrogen) atoms. The second-order valence-electron chi connectivity index (χ2n) is 8.25. The van der Waals surface area contributed by atoms with E-state index in [1.54, 1.807) is 13.0 Å². The first-order chi connectivity index (χ1) is 16.9. The SMILES string of the molecule is CCOC(=O)c1c(NC(=S)N2CCN(Cc3ccc(F)cc3Cl)CC2)sc(C)c1-c1ccccc1. The summed E-state index contributed by atoms with van der Waals surface area (Å²) in [4.78, 5) is 18.3. The van der Waals surface area contributed by atoms with Crippen molar-refractivity contribution >= 4 is 51.2 Å². The van der Waals surface area contributed by atoms with Gasteiger partial charge >= 0.3 is 5.97 Å². The number of rotatable bonds is 6. The molecule has 2 heterocycles. The second-order valence-corrected chi connectivity index (χ2v) is 10.3. The molecule has 1 saturated heterocycles. The largest absolute Gasteiger partial charge is 0.462 e. The van der Waals surface area contributed by atoms with E-state index in [1.165, 1.54) is 23.5 Å². The number of ether oxygens (including phenoxy) is 1. The van der Waals surface area contributed by atoms with Crippen LogP contribution in [0.3, 0.4) is 0 Å². The summed E-state index contributed by atoms with van der Waals surface area (Å²) in [5, 5.41) is 5.05. The number of piperazine rings is 1. The molecule has 5 nitrogen and oxygen atoms in total. The van der Waals surface area contributed by atoms with Gasteiger partial charge in [-0.15, -0.1) is 11.3 Å². The molecule has 0 radical (unpaired) electrons. The summed E-state index contributed by atoms with van der Waals surface area (Å²) in [5.41, 5.74) is 3.27. The van der Waals surface area contributed by atoms with Crippen molar-refractivity contribution in [3.05, 3.63) is 75.4 Å². The van der Waals surface area contributed by atoms with Gasteiger partial charge in [0.1, 0.15) is 16.4 Å². The molecule has 0 amide bonds. The number of esters is 1. The van der Waals surface area contributed by atoms with Crippen LogP contribution in [0.15, 0.2) is 48.5 Å². The number of anilines is 1. The molecular formula is C26H27ClFN3O2S2.